The molecule has 4 heteroatoms. The van der Waals surface area contributed by atoms with Crippen molar-refractivity contribution >= 4 is 5.91 Å². The van der Waals surface area contributed by atoms with Gasteiger partial charge in [-0.1, -0.05) is 30.3 Å². The Kier molecular flexibility index (Phi) is 7.15. The first-order valence-electron chi connectivity index (χ1n) is 6.81. The average Bonchev–Trinajstić information content (AvgIpc) is 2.42. The lowest BCUT2D eigenvalue weighted by molar-refractivity contribution is -0.122. The van der Waals surface area contributed by atoms with E-state index in [9.17, 15) is 4.79 Å². The van der Waals surface area contributed by atoms with Gasteiger partial charge in [-0.25, -0.2) is 0 Å². The summed E-state index contributed by atoms with van der Waals surface area (Å²) in [4.78, 5) is 11.8. The molecule has 4 nitrogen and oxygen atoms in total. The number of carbonyl (C=O) groups excluding carboxylic acids is 1. The summed E-state index contributed by atoms with van der Waals surface area (Å²) in [6, 6.07) is 8.80. The number of rotatable bonds is 8. The summed E-state index contributed by atoms with van der Waals surface area (Å²) >= 11 is 0. The highest BCUT2D eigenvalue weighted by atomic mass is 16.5. The molecule has 0 unspecified atom stereocenters. The number of hydrogen-bond acceptors (Lipinski definition) is 3. The molecule has 1 aromatic rings. The molecule has 19 heavy (non-hydrogen) atoms. The van der Waals surface area contributed by atoms with Crippen molar-refractivity contribution in [1.29, 1.82) is 0 Å². The molecule has 0 radical (unpaired) electrons. The van der Waals surface area contributed by atoms with Gasteiger partial charge >= 0.3 is 0 Å². The molecule has 0 aromatic heterocycles. The summed E-state index contributed by atoms with van der Waals surface area (Å²) in [5.41, 5.74) is 6.72. The summed E-state index contributed by atoms with van der Waals surface area (Å²) in [6.45, 7) is 5.40. The molecule has 0 heterocycles. The fourth-order valence-corrected chi connectivity index (χ4v) is 1.68. The Morgan fingerprint density at radius 3 is 2.58 bits per heavy atom. The lowest BCUT2D eigenvalue weighted by atomic mass is 10.1. The van der Waals surface area contributed by atoms with E-state index in [1.165, 1.54) is 0 Å². The fourth-order valence-electron chi connectivity index (χ4n) is 1.68. The average molecular weight is 264 g/mol. The van der Waals surface area contributed by atoms with Gasteiger partial charge in [0.2, 0.25) is 5.91 Å². The highest BCUT2D eigenvalue weighted by Crippen LogP contribution is 2.09. The fraction of sp³-hybridized carbons (Fsp3) is 0.533. The topological polar surface area (TPSA) is 64.3 Å². The van der Waals surface area contributed by atoms with Crippen LogP contribution in [0.5, 0.6) is 0 Å². The number of ether oxygens (including phenoxy) is 1. The van der Waals surface area contributed by atoms with Crippen molar-refractivity contribution in [3.05, 3.63) is 35.9 Å². The second-order valence-corrected chi connectivity index (χ2v) is 4.81. The van der Waals surface area contributed by atoms with Crippen molar-refractivity contribution in [1.82, 2.24) is 5.32 Å². The first-order chi connectivity index (χ1) is 9.11. The second kappa shape index (κ2) is 8.67. The van der Waals surface area contributed by atoms with E-state index in [4.69, 9.17) is 10.5 Å². The van der Waals surface area contributed by atoms with Crippen LogP contribution in [0.3, 0.4) is 0 Å². The number of carbonyl (C=O) groups is 1. The van der Waals surface area contributed by atoms with Gasteiger partial charge in [-0.2, -0.15) is 0 Å². The molecule has 0 fully saturated rings. The Morgan fingerprint density at radius 2 is 1.95 bits per heavy atom. The summed E-state index contributed by atoms with van der Waals surface area (Å²) in [5, 5.41) is 2.85. The maximum absolute atomic E-state index is 11.8. The number of unbranched alkanes of at least 4 members (excludes halogenated alkanes) is 1. The molecule has 0 aliphatic rings. The number of amides is 1. The van der Waals surface area contributed by atoms with E-state index in [1.54, 1.807) is 0 Å². The molecule has 0 saturated carbocycles. The Balaban J connectivity index is 2.17. The second-order valence-electron chi connectivity index (χ2n) is 4.81. The smallest absolute Gasteiger partial charge is 0.241 e. The molecular weight excluding hydrogens is 240 g/mol. The lowest BCUT2D eigenvalue weighted by Gasteiger charge is -2.12. The Hall–Kier alpha value is -1.39. The van der Waals surface area contributed by atoms with Crippen molar-refractivity contribution in [2.45, 2.75) is 38.8 Å². The molecule has 0 aliphatic heterocycles. The van der Waals surface area contributed by atoms with Crippen LogP contribution in [0.4, 0.5) is 0 Å². The van der Waals surface area contributed by atoms with E-state index in [0.717, 1.165) is 25.0 Å². The molecular formula is C15H24N2O2. The normalized spacial score (nSPS) is 12.4. The van der Waals surface area contributed by atoms with Crippen LogP contribution in [0, 0.1) is 0 Å². The monoisotopic (exact) mass is 264 g/mol. The minimum atomic E-state index is -0.590. The molecule has 1 rings (SSSR count). The molecule has 1 atom stereocenters. The zero-order chi connectivity index (χ0) is 14.1. The third-order valence-corrected chi connectivity index (χ3v) is 2.76. The molecule has 0 aliphatic carbocycles. The SMILES string of the molecule is CC(C)OCCCCNC(=O)[C@H](N)c1ccccc1. The van der Waals surface area contributed by atoms with E-state index in [0.29, 0.717) is 6.54 Å². The molecule has 0 spiro atoms. The van der Waals surface area contributed by atoms with E-state index in [-0.39, 0.29) is 12.0 Å². The van der Waals surface area contributed by atoms with Gasteiger partial charge in [0.1, 0.15) is 6.04 Å². The van der Waals surface area contributed by atoms with Gasteiger partial charge in [0.05, 0.1) is 6.10 Å². The standard InChI is InChI=1S/C15H24N2O2/c1-12(2)19-11-7-6-10-17-15(18)14(16)13-8-4-3-5-9-13/h3-5,8-9,12,14H,6-7,10-11,16H2,1-2H3,(H,17,18)/t14-/m1/s1. The van der Waals surface area contributed by atoms with Crippen molar-refractivity contribution in [3.8, 4) is 0 Å². The van der Waals surface area contributed by atoms with Crippen LogP contribution in [0.2, 0.25) is 0 Å². The maximum Gasteiger partial charge on any atom is 0.241 e. The van der Waals surface area contributed by atoms with Crippen molar-refractivity contribution in [3.63, 3.8) is 0 Å². The summed E-state index contributed by atoms with van der Waals surface area (Å²) in [7, 11) is 0. The van der Waals surface area contributed by atoms with E-state index in [2.05, 4.69) is 5.32 Å². The first-order valence-corrected chi connectivity index (χ1v) is 6.81. The number of benzene rings is 1. The minimum Gasteiger partial charge on any atom is -0.379 e. The third-order valence-electron chi connectivity index (χ3n) is 2.76. The highest BCUT2D eigenvalue weighted by Gasteiger charge is 2.14. The van der Waals surface area contributed by atoms with Crippen LogP contribution < -0.4 is 11.1 Å². The van der Waals surface area contributed by atoms with Gasteiger partial charge in [0.15, 0.2) is 0 Å². The maximum atomic E-state index is 11.8. The van der Waals surface area contributed by atoms with E-state index in [1.807, 2.05) is 44.2 Å². The predicted octanol–water partition coefficient (Wildman–Crippen LogP) is 2.01. The van der Waals surface area contributed by atoms with Crippen LogP contribution in [-0.2, 0) is 9.53 Å². The molecule has 1 aromatic carbocycles. The molecule has 1 amide bonds. The van der Waals surface area contributed by atoms with Gasteiger partial charge in [-0.05, 0) is 32.3 Å². The van der Waals surface area contributed by atoms with E-state index < -0.39 is 6.04 Å². The number of hydrogen-bond donors (Lipinski definition) is 2. The van der Waals surface area contributed by atoms with Gasteiger partial charge in [-0.3, -0.25) is 4.79 Å². The molecule has 0 bridgehead atoms. The molecule has 106 valence electrons. The van der Waals surface area contributed by atoms with Crippen molar-refractivity contribution in [2.75, 3.05) is 13.2 Å². The van der Waals surface area contributed by atoms with Crippen LogP contribution >= 0.6 is 0 Å². The highest BCUT2D eigenvalue weighted by molar-refractivity contribution is 5.82. The zero-order valence-electron chi connectivity index (χ0n) is 11.8. The Morgan fingerprint density at radius 1 is 1.26 bits per heavy atom. The largest absolute Gasteiger partial charge is 0.379 e. The predicted molar refractivity (Wildman–Crippen MR) is 76.7 cm³/mol. The number of nitrogens with two attached hydrogens (primary N) is 1. The minimum absolute atomic E-state index is 0.129. The van der Waals surface area contributed by atoms with E-state index >= 15 is 0 Å². The zero-order valence-corrected chi connectivity index (χ0v) is 11.8. The summed E-state index contributed by atoms with van der Waals surface area (Å²) < 4.78 is 5.43. The van der Waals surface area contributed by atoms with Crippen molar-refractivity contribution in [2.24, 2.45) is 5.73 Å². The van der Waals surface area contributed by atoms with Crippen molar-refractivity contribution < 1.29 is 9.53 Å². The van der Waals surface area contributed by atoms with Gasteiger partial charge in [0, 0.05) is 13.2 Å². The molecule has 3 N–H and O–H groups in total. The summed E-state index contributed by atoms with van der Waals surface area (Å²) in [6.07, 6.45) is 2.11. The van der Waals surface area contributed by atoms with Gasteiger partial charge in [0.25, 0.3) is 0 Å². The van der Waals surface area contributed by atoms with Gasteiger partial charge in [-0.15, -0.1) is 0 Å². The van der Waals surface area contributed by atoms with Gasteiger partial charge < -0.3 is 15.8 Å². The van der Waals surface area contributed by atoms with Crippen LogP contribution in [0.1, 0.15) is 38.3 Å². The first kappa shape index (κ1) is 15.7. The van der Waals surface area contributed by atoms with Crippen LogP contribution in [-0.4, -0.2) is 25.2 Å². The lowest BCUT2D eigenvalue weighted by Crippen LogP contribution is -2.34. The Bertz CT molecular complexity index is 366. The Labute approximate surface area is 115 Å². The summed E-state index contributed by atoms with van der Waals surface area (Å²) in [5.74, 6) is -0.129. The van der Waals surface area contributed by atoms with Crippen LogP contribution in [0.15, 0.2) is 30.3 Å². The van der Waals surface area contributed by atoms with Crippen LogP contribution in [0.25, 0.3) is 0 Å². The molecule has 0 saturated heterocycles. The number of nitrogens with one attached hydrogen (secondary N) is 1. The quantitative estimate of drug-likeness (QED) is 0.706. The third kappa shape index (κ3) is 6.36.